The number of hydrogen-bond acceptors (Lipinski definition) is 2. The van der Waals surface area contributed by atoms with Gasteiger partial charge in [0.1, 0.15) is 5.82 Å². The number of anilines is 2. The minimum absolute atomic E-state index is 0.117. The van der Waals surface area contributed by atoms with Crippen LogP contribution in [0.2, 0.25) is 0 Å². The Morgan fingerprint density at radius 1 is 0.968 bits per heavy atom. The minimum atomic E-state index is -0.343. The smallest absolute Gasteiger partial charge is 0.230 e. The molecule has 0 heterocycles. The van der Waals surface area contributed by atoms with Gasteiger partial charge in [-0.3, -0.25) is 9.59 Å². The van der Waals surface area contributed by atoms with Gasteiger partial charge in [0.05, 0.1) is 13.0 Å². The summed E-state index contributed by atoms with van der Waals surface area (Å²) < 4.78 is 13.0. The lowest BCUT2D eigenvalue weighted by Crippen LogP contribution is -2.31. The summed E-state index contributed by atoms with van der Waals surface area (Å²) in [6.07, 6.45) is 2.10. The fraction of sp³-hybridized carbons (Fsp3) is 0.231. The van der Waals surface area contributed by atoms with Crippen molar-refractivity contribution in [3.05, 3.63) is 95.3 Å². The maximum absolute atomic E-state index is 13.0. The molecule has 0 unspecified atom stereocenters. The molecule has 0 aromatic heterocycles. The van der Waals surface area contributed by atoms with Crippen LogP contribution in [-0.2, 0) is 22.6 Å². The van der Waals surface area contributed by atoms with Gasteiger partial charge in [0, 0.05) is 17.3 Å². The summed E-state index contributed by atoms with van der Waals surface area (Å²) in [7, 11) is 0. The molecule has 4 nitrogen and oxygen atoms in total. The van der Waals surface area contributed by atoms with E-state index < -0.39 is 0 Å². The van der Waals surface area contributed by atoms with E-state index in [9.17, 15) is 14.0 Å². The molecule has 3 aromatic carbocycles. The van der Waals surface area contributed by atoms with E-state index in [4.69, 9.17) is 0 Å². The Kier molecular flexibility index (Phi) is 6.12. The zero-order chi connectivity index (χ0) is 21.8. The quantitative estimate of drug-likeness (QED) is 0.571. The molecule has 31 heavy (non-hydrogen) atoms. The number of hydrogen-bond donors (Lipinski definition) is 1. The van der Waals surface area contributed by atoms with Gasteiger partial charge >= 0.3 is 0 Å². The second kappa shape index (κ2) is 9.13. The molecule has 1 aliphatic carbocycles. The number of carbonyl (C=O) groups is 2. The molecule has 1 fully saturated rings. The first kappa shape index (κ1) is 20.8. The first-order valence-electron chi connectivity index (χ1n) is 10.5. The molecule has 0 atom stereocenters. The summed E-state index contributed by atoms with van der Waals surface area (Å²) in [5.41, 5.74) is 4.50. The second-order valence-corrected chi connectivity index (χ2v) is 8.09. The van der Waals surface area contributed by atoms with Gasteiger partial charge in [-0.05, 0) is 67.3 Å². The van der Waals surface area contributed by atoms with E-state index in [-0.39, 0.29) is 30.0 Å². The van der Waals surface area contributed by atoms with E-state index in [0.29, 0.717) is 12.2 Å². The van der Waals surface area contributed by atoms with Crippen molar-refractivity contribution < 1.29 is 14.0 Å². The molecule has 0 saturated heterocycles. The molecular formula is C26H25FN2O2. The van der Waals surface area contributed by atoms with Gasteiger partial charge in [-0.15, -0.1) is 0 Å². The highest BCUT2D eigenvalue weighted by Crippen LogP contribution is 2.33. The maximum Gasteiger partial charge on any atom is 0.230 e. The van der Waals surface area contributed by atoms with Crippen LogP contribution >= 0.6 is 0 Å². The lowest BCUT2D eigenvalue weighted by Gasteiger charge is -2.23. The van der Waals surface area contributed by atoms with Gasteiger partial charge in [-0.25, -0.2) is 4.39 Å². The molecule has 2 amide bonds. The van der Waals surface area contributed by atoms with Crippen molar-refractivity contribution in [2.24, 2.45) is 5.92 Å². The molecule has 1 N–H and O–H groups in total. The van der Waals surface area contributed by atoms with Crippen molar-refractivity contribution in [2.45, 2.75) is 32.7 Å². The maximum atomic E-state index is 13.0. The zero-order valence-electron chi connectivity index (χ0n) is 17.5. The van der Waals surface area contributed by atoms with Crippen molar-refractivity contribution in [1.29, 1.82) is 0 Å². The molecule has 158 valence electrons. The minimum Gasteiger partial charge on any atom is -0.326 e. The van der Waals surface area contributed by atoms with Gasteiger partial charge in [0.2, 0.25) is 11.8 Å². The molecule has 3 aromatic rings. The highest BCUT2D eigenvalue weighted by atomic mass is 19.1. The number of benzene rings is 3. The number of nitrogens with zero attached hydrogens (tertiary/aromatic N) is 1. The summed E-state index contributed by atoms with van der Waals surface area (Å²) in [5.74, 6) is -0.246. The van der Waals surface area contributed by atoms with E-state index in [2.05, 4.69) is 11.4 Å². The Bertz CT molecular complexity index is 1070. The summed E-state index contributed by atoms with van der Waals surface area (Å²) >= 11 is 0. The van der Waals surface area contributed by atoms with Crippen LogP contribution in [0.25, 0.3) is 0 Å². The fourth-order valence-electron chi connectivity index (χ4n) is 3.56. The first-order valence-corrected chi connectivity index (χ1v) is 10.5. The molecule has 0 bridgehead atoms. The average Bonchev–Trinajstić information content (AvgIpc) is 3.59. The predicted octanol–water partition coefficient (Wildman–Crippen LogP) is 5.26. The molecule has 0 radical (unpaired) electrons. The van der Waals surface area contributed by atoms with Crippen LogP contribution in [0.1, 0.15) is 29.5 Å². The Balaban J connectivity index is 1.45. The van der Waals surface area contributed by atoms with Crippen LogP contribution < -0.4 is 10.2 Å². The lowest BCUT2D eigenvalue weighted by atomic mass is 10.1. The third-order valence-electron chi connectivity index (χ3n) is 5.36. The van der Waals surface area contributed by atoms with E-state index in [1.54, 1.807) is 0 Å². The number of halogens is 1. The molecule has 1 aliphatic rings. The van der Waals surface area contributed by atoms with E-state index in [1.165, 1.54) is 29.8 Å². The largest absolute Gasteiger partial charge is 0.326 e. The van der Waals surface area contributed by atoms with Crippen LogP contribution in [0.15, 0.2) is 72.8 Å². The standard InChI is InChI=1S/C26H25FN2O2/c1-18-3-2-4-20(15-18)17-29(26(31)21-7-8-21)24-13-5-19(6-14-24)16-25(30)28-23-11-9-22(27)10-12-23/h2-6,9-15,21H,7-8,16-17H2,1H3,(H,28,30). The van der Waals surface area contributed by atoms with Crippen LogP contribution in [0.5, 0.6) is 0 Å². The summed E-state index contributed by atoms with van der Waals surface area (Å²) in [6, 6.07) is 21.4. The van der Waals surface area contributed by atoms with Crippen molar-refractivity contribution >= 4 is 23.2 Å². The Morgan fingerprint density at radius 3 is 2.32 bits per heavy atom. The highest BCUT2D eigenvalue weighted by Gasteiger charge is 2.34. The van der Waals surface area contributed by atoms with Crippen LogP contribution in [0.3, 0.4) is 0 Å². The highest BCUT2D eigenvalue weighted by molar-refractivity contribution is 5.96. The van der Waals surface area contributed by atoms with E-state index in [0.717, 1.165) is 29.7 Å². The fourth-order valence-corrected chi connectivity index (χ4v) is 3.56. The summed E-state index contributed by atoms with van der Waals surface area (Å²) in [5, 5.41) is 2.76. The normalized spacial score (nSPS) is 13.0. The second-order valence-electron chi connectivity index (χ2n) is 8.09. The van der Waals surface area contributed by atoms with Crippen LogP contribution in [-0.4, -0.2) is 11.8 Å². The Morgan fingerprint density at radius 2 is 1.68 bits per heavy atom. The van der Waals surface area contributed by atoms with Gasteiger partial charge in [0.15, 0.2) is 0 Å². The molecule has 4 rings (SSSR count). The lowest BCUT2D eigenvalue weighted by molar-refractivity contribution is -0.120. The molecule has 0 spiro atoms. The number of rotatable bonds is 7. The Hall–Kier alpha value is -3.47. The topological polar surface area (TPSA) is 49.4 Å². The van der Waals surface area contributed by atoms with Crippen LogP contribution in [0.4, 0.5) is 15.8 Å². The first-order chi connectivity index (χ1) is 15.0. The monoisotopic (exact) mass is 416 g/mol. The van der Waals surface area contributed by atoms with Gasteiger partial charge < -0.3 is 10.2 Å². The third-order valence-corrected chi connectivity index (χ3v) is 5.36. The number of carbonyl (C=O) groups excluding carboxylic acids is 2. The number of amides is 2. The zero-order valence-corrected chi connectivity index (χ0v) is 17.5. The molecule has 0 aliphatic heterocycles. The molecule has 1 saturated carbocycles. The van der Waals surface area contributed by atoms with Crippen molar-refractivity contribution in [3.63, 3.8) is 0 Å². The number of aryl methyl sites for hydroxylation is 1. The SMILES string of the molecule is Cc1cccc(CN(C(=O)C2CC2)c2ccc(CC(=O)Nc3ccc(F)cc3)cc2)c1. The van der Waals surface area contributed by atoms with Crippen LogP contribution in [0, 0.1) is 18.7 Å². The van der Waals surface area contributed by atoms with E-state index >= 15 is 0 Å². The molecular weight excluding hydrogens is 391 g/mol. The molecule has 5 heteroatoms. The van der Waals surface area contributed by atoms with Crippen molar-refractivity contribution in [1.82, 2.24) is 0 Å². The van der Waals surface area contributed by atoms with Gasteiger partial charge in [0.25, 0.3) is 0 Å². The van der Waals surface area contributed by atoms with Gasteiger partial charge in [-0.2, -0.15) is 0 Å². The number of nitrogens with one attached hydrogen (secondary N) is 1. The van der Waals surface area contributed by atoms with E-state index in [1.807, 2.05) is 54.3 Å². The summed E-state index contributed by atoms with van der Waals surface area (Å²) in [4.78, 5) is 27.1. The van der Waals surface area contributed by atoms with Gasteiger partial charge in [-0.1, -0.05) is 42.0 Å². The third kappa shape index (κ3) is 5.57. The van der Waals surface area contributed by atoms with Crippen molar-refractivity contribution in [3.8, 4) is 0 Å². The summed E-state index contributed by atoms with van der Waals surface area (Å²) in [6.45, 7) is 2.57. The Labute approximate surface area is 181 Å². The van der Waals surface area contributed by atoms with Crippen molar-refractivity contribution in [2.75, 3.05) is 10.2 Å². The predicted molar refractivity (Wildman–Crippen MR) is 120 cm³/mol. The average molecular weight is 416 g/mol.